The molecule has 0 saturated heterocycles. The SMILES string of the molecule is CC1(C)Oc2cc(Br)c(C(N)C(=O)O)cc2O1. The summed E-state index contributed by atoms with van der Waals surface area (Å²) < 4.78 is 11.6. The molecule has 0 fully saturated rings. The lowest BCUT2D eigenvalue weighted by atomic mass is 10.1. The summed E-state index contributed by atoms with van der Waals surface area (Å²) in [5, 5.41) is 8.89. The molecule has 0 aromatic heterocycles. The molecule has 0 aliphatic carbocycles. The Kier molecular flexibility index (Phi) is 2.79. The van der Waals surface area contributed by atoms with Crippen molar-refractivity contribution in [2.75, 3.05) is 0 Å². The van der Waals surface area contributed by atoms with E-state index in [1.165, 1.54) is 0 Å². The number of carbonyl (C=O) groups is 1. The lowest BCUT2D eigenvalue weighted by Gasteiger charge is -2.16. The minimum Gasteiger partial charge on any atom is -0.480 e. The van der Waals surface area contributed by atoms with Crippen LogP contribution in [0.1, 0.15) is 25.5 Å². The Morgan fingerprint density at radius 3 is 2.47 bits per heavy atom. The van der Waals surface area contributed by atoms with E-state index in [4.69, 9.17) is 20.3 Å². The highest BCUT2D eigenvalue weighted by molar-refractivity contribution is 9.10. The molecule has 17 heavy (non-hydrogen) atoms. The quantitative estimate of drug-likeness (QED) is 0.873. The Balaban J connectivity index is 2.44. The number of hydrogen-bond acceptors (Lipinski definition) is 4. The van der Waals surface area contributed by atoms with Crippen LogP contribution in [0, 0.1) is 0 Å². The smallest absolute Gasteiger partial charge is 0.325 e. The second-order valence-electron chi connectivity index (χ2n) is 4.24. The van der Waals surface area contributed by atoms with Crippen LogP contribution in [0.4, 0.5) is 0 Å². The van der Waals surface area contributed by atoms with E-state index in [0.29, 0.717) is 21.5 Å². The standard InChI is InChI=1S/C11H12BrNO4/c1-11(2)16-7-3-5(9(13)10(14)15)6(12)4-8(7)17-11/h3-4,9H,13H2,1-2H3,(H,14,15). The van der Waals surface area contributed by atoms with Gasteiger partial charge in [-0.3, -0.25) is 4.79 Å². The van der Waals surface area contributed by atoms with Crippen molar-refractivity contribution in [3.05, 3.63) is 22.2 Å². The molecule has 1 aromatic rings. The summed E-state index contributed by atoms with van der Waals surface area (Å²) in [4.78, 5) is 10.9. The Hall–Kier alpha value is -1.27. The van der Waals surface area contributed by atoms with E-state index in [9.17, 15) is 4.79 Å². The minimum absolute atomic E-state index is 0.456. The number of halogens is 1. The van der Waals surface area contributed by atoms with Crippen molar-refractivity contribution in [1.29, 1.82) is 0 Å². The molecular formula is C11H12BrNO4. The third-order valence-corrected chi connectivity index (χ3v) is 3.06. The number of rotatable bonds is 2. The zero-order valence-corrected chi connectivity index (χ0v) is 10.9. The van der Waals surface area contributed by atoms with E-state index >= 15 is 0 Å². The van der Waals surface area contributed by atoms with Gasteiger partial charge < -0.3 is 20.3 Å². The average Bonchev–Trinajstić information content (AvgIpc) is 2.48. The number of carboxylic acids is 1. The highest BCUT2D eigenvalue weighted by atomic mass is 79.9. The van der Waals surface area contributed by atoms with E-state index in [1.807, 2.05) is 0 Å². The third kappa shape index (κ3) is 2.23. The highest BCUT2D eigenvalue weighted by Gasteiger charge is 2.33. The Morgan fingerprint density at radius 1 is 1.41 bits per heavy atom. The Labute approximate surface area is 107 Å². The zero-order chi connectivity index (χ0) is 12.8. The van der Waals surface area contributed by atoms with Gasteiger partial charge in [0.05, 0.1) is 0 Å². The summed E-state index contributed by atoms with van der Waals surface area (Å²) in [6.07, 6.45) is 0. The lowest BCUT2D eigenvalue weighted by Crippen LogP contribution is -2.29. The molecule has 5 nitrogen and oxygen atoms in total. The maximum atomic E-state index is 10.9. The van der Waals surface area contributed by atoms with Crippen molar-refractivity contribution in [3.63, 3.8) is 0 Å². The molecule has 0 spiro atoms. The summed E-state index contributed by atoms with van der Waals surface area (Å²) in [6.45, 7) is 3.55. The van der Waals surface area contributed by atoms with Gasteiger partial charge in [0.1, 0.15) is 6.04 Å². The average molecular weight is 302 g/mol. The van der Waals surface area contributed by atoms with Crippen LogP contribution in [0.25, 0.3) is 0 Å². The van der Waals surface area contributed by atoms with Gasteiger partial charge in [-0.1, -0.05) is 15.9 Å². The molecule has 0 radical (unpaired) electrons. The maximum Gasteiger partial charge on any atom is 0.325 e. The summed E-state index contributed by atoms with van der Waals surface area (Å²) in [7, 11) is 0. The normalized spacial score (nSPS) is 17.9. The molecule has 92 valence electrons. The first-order valence-corrected chi connectivity index (χ1v) is 5.79. The summed E-state index contributed by atoms with van der Waals surface area (Å²) in [5.74, 6) is -0.759. The van der Waals surface area contributed by atoms with Crippen molar-refractivity contribution in [3.8, 4) is 11.5 Å². The first-order chi connectivity index (χ1) is 7.80. The number of ether oxygens (including phenoxy) is 2. The molecule has 1 heterocycles. The fourth-order valence-corrected chi connectivity index (χ4v) is 2.20. The van der Waals surface area contributed by atoms with E-state index in [2.05, 4.69) is 15.9 Å². The van der Waals surface area contributed by atoms with E-state index in [-0.39, 0.29) is 0 Å². The van der Waals surface area contributed by atoms with Gasteiger partial charge in [0.25, 0.3) is 0 Å². The topological polar surface area (TPSA) is 81.8 Å². The van der Waals surface area contributed by atoms with Crippen LogP contribution < -0.4 is 15.2 Å². The lowest BCUT2D eigenvalue weighted by molar-refractivity contribution is -0.138. The van der Waals surface area contributed by atoms with Crippen LogP contribution in [-0.4, -0.2) is 16.9 Å². The second kappa shape index (κ2) is 3.89. The Morgan fingerprint density at radius 2 is 1.94 bits per heavy atom. The van der Waals surface area contributed by atoms with Gasteiger partial charge >= 0.3 is 5.97 Å². The van der Waals surface area contributed by atoms with Crippen LogP contribution in [0.2, 0.25) is 0 Å². The van der Waals surface area contributed by atoms with Crippen molar-refractivity contribution in [2.45, 2.75) is 25.7 Å². The molecule has 1 aromatic carbocycles. The molecule has 6 heteroatoms. The summed E-state index contributed by atoms with van der Waals surface area (Å²) >= 11 is 3.28. The van der Waals surface area contributed by atoms with Gasteiger partial charge in [-0.05, 0) is 17.7 Å². The largest absolute Gasteiger partial charge is 0.480 e. The van der Waals surface area contributed by atoms with E-state index < -0.39 is 17.8 Å². The zero-order valence-electron chi connectivity index (χ0n) is 9.36. The molecule has 1 aliphatic heterocycles. The number of fused-ring (bicyclic) bond motifs is 1. The highest BCUT2D eigenvalue weighted by Crippen LogP contribution is 2.43. The van der Waals surface area contributed by atoms with Gasteiger partial charge in [0, 0.05) is 18.3 Å². The monoisotopic (exact) mass is 301 g/mol. The fourth-order valence-electron chi connectivity index (χ4n) is 1.63. The van der Waals surface area contributed by atoms with Gasteiger partial charge in [-0.2, -0.15) is 0 Å². The first-order valence-electron chi connectivity index (χ1n) is 5.00. The molecular weight excluding hydrogens is 290 g/mol. The number of benzene rings is 1. The first kappa shape index (κ1) is 12.2. The van der Waals surface area contributed by atoms with Crippen LogP contribution in [0.3, 0.4) is 0 Å². The van der Waals surface area contributed by atoms with Crippen LogP contribution in [0.15, 0.2) is 16.6 Å². The minimum atomic E-state index is -1.10. The Bertz CT molecular complexity index is 487. The van der Waals surface area contributed by atoms with E-state index in [1.54, 1.807) is 26.0 Å². The summed E-state index contributed by atoms with van der Waals surface area (Å²) in [5.41, 5.74) is 6.03. The van der Waals surface area contributed by atoms with Gasteiger partial charge in [0.2, 0.25) is 5.79 Å². The van der Waals surface area contributed by atoms with Crippen molar-refractivity contribution >= 4 is 21.9 Å². The molecule has 2 rings (SSSR count). The van der Waals surface area contributed by atoms with Crippen LogP contribution in [-0.2, 0) is 4.79 Å². The molecule has 3 N–H and O–H groups in total. The second-order valence-corrected chi connectivity index (χ2v) is 5.09. The molecule has 0 saturated carbocycles. The molecule has 1 aliphatic rings. The van der Waals surface area contributed by atoms with Crippen molar-refractivity contribution < 1.29 is 19.4 Å². The van der Waals surface area contributed by atoms with Crippen molar-refractivity contribution in [1.82, 2.24) is 0 Å². The van der Waals surface area contributed by atoms with Gasteiger partial charge in [-0.25, -0.2) is 0 Å². The summed E-state index contributed by atoms with van der Waals surface area (Å²) in [6, 6.07) is 2.16. The molecule has 0 bridgehead atoms. The molecule has 0 amide bonds. The number of hydrogen-bond donors (Lipinski definition) is 2. The molecule has 1 unspecified atom stereocenters. The number of nitrogens with two attached hydrogens (primary N) is 1. The van der Waals surface area contributed by atoms with Gasteiger partial charge in [-0.15, -0.1) is 0 Å². The number of aliphatic carboxylic acids is 1. The maximum absolute atomic E-state index is 10.9. The third-order valence-electron chi connectivity index (χ3n) is 2.38. The number of carboxylic acid groups (broad SMARTS) is 1. The molecule has 1 atom stereocenters. The van der Waals surface area contributed by atoms with Gasteiger partial charge in [0.15, 0.2) is 11.5 Å². The van der Waals surface area contributed by atoms with E-state index in [0.717, 1.165) is 0 Å². The van der Waals surface area contributed by atoms with Crippen LogP contribution in [0.5, 0.6) is 11.5 Å². The fraction of sp³-hybridized carbons (Fsp3) is 0.364. The van der Waals surface area contributed by atoms with Crippen LogP contribution >= 0.6 is 15.9 Å². The van der Waals surface area contributed by atoms with Crippen molar-refractivity contribution in [2.24, 2.45) is 5.73 Å². The predicted molar refractivity (Wildman–Crippen MR) is 64.0 cm³/mol. The predicted octanol–water partition coefficient (Wildman–Crippen LogP) is 2.04.